The van der Waals surface area contributed by atoms with Crippen LogP contribution in [0.1, 0.15) is 13.8 Å². The predicted molar refractivity (Wildman–Crippen MR) is 78.0 cm³/mol. The van der Waals surface area contributed by atoms with Gasteiger partial charge in [0, 0.05) is 30.6 Å². The molecule has 21 heavy (non-hydrogen) atoms. The van der Waals surface area contributed by atoms with Gasteiger partial charge in [0.05, 0.1) is 35.5 Å². The molecule has 2 aromatic rings. The van der Waals surface area contributed by atoms with Gasteiger partial charge < -0.3 is 4.74 Å². The van der Waals surface area contributed by atoms with Crippen molar-refractivity contribution in [3.05, 3.63) is 34.5 Å². The Morgan fingerprint density at radius 2 is 2.10 bits per heavy atom. The largest absolute Gasteiger partial charge is 0.373 e. The van der Waals surface area contributed by atoms with Crippen molar-refractivity contribution in [2.75, 3.05) is 13.1 Å². The minimum atomic E-state index is -0.379. The Balaban J connectivity index is 1.86. The van der Waals surface area contributed by atoms with E-state index in [1.807, 2.05) is 4.68 Å². The standard InChI is InChI=1S/C14H18N4O3/c1-10-7-16(8-11(2)21-10)9-17-14-5-13(18(19)20)4-3-12(14)6-15-17/h3-6,10-11H,7-9H2,1-2H3/t10-,11-/m0/s1. The molecule has 1 saturated heterocycles. The maximum absolute atomic E-state index is 10.9. The zero-order valence-electron chi connectivity index (χ0n) is 12.1. The quantitative estimate of drug-likeness (QED) is 0.638. The topological polar surface area (TPSA) is 73.4 Å². The Morgan fingerprint density at radius 3 is 2.76 bits per heavy atom. The van der Waals surface area contributed by atoms with E-state index in [9.17, 15) is 10.1 Å². The Morgan fingerprint density at radius 1 is 1.38 bits per heavy atom. The van der Waals surface area contributed by atoms with E-state index < -0.39 is 0 Å². The number of aromatic nitrogens is 2. The molecule has 0 amide bonds. The van der Waals surface area contributed by atoms with Crippen LogP contribution in [0.5, 0.6) is 0 Å². The van der Waals surface area contributed by atoms with Crippen molar-refractivity contribution in [1.29, 1.82) is 0 Å². The Bertz CT molecular complexity index is 659. The van der Waals surface area contributed by atoms with E-state index in [4.69, 9.17) is 4.74 Å². The molecule has 0 bridgehead atoms. The van der Waals surface area contributed by atoms with E-state index >= 15 is 0 Å². The number of hydrogen-bond donors (Lipinski definition) is 0. The summed E-state index contributed by atoms with van der Waals surface area (Å²) in [6.07, 6.45) is 2.11. The van der Waals surface area contributed by atoms with Crippen molar-refractivity contribution in [1.82, 2.24) is 14.7 Å². The molecule has 0 saturated carbocycles. The number of rotatable bonds is 3. The highest BCUT2D eigenvalue weighted by Crippen LogP contribution is 2.21. The molecular formula is C14H18N4O3. The first-order valence-electron chi connectivity index (χ1n) is 7.00. The lowest BCUT2D eigenvalue weighted by atomic mass is 10.2. The van der Waals surface area contributed by atoms with E-state index in [0.29, 0.717) is 6.67 Å². The molecule has 0 radical (unpaired) electrons. The Kier molecular flexibility index (Phi) is 3.60. The minimum Gasteiger partial charge on any atom is -0.373 e. The summed E-state index contributed by atoms with van der Waals surface area (Å²) in [6, 6.07) is 4.82. The van der Waals surface area contributed by atoms with Gasteiger partial charge in [-0.05, 0) is 19.9 Å². The van der Waals surface area contributed by atoms with Crippen LogP contribution in [-0.2, 0) is 11.4 Å². The number of morpholine rings is 1. The van der Waals surface area contributed by atoms with Crippen LogP contribution in [0.4, 0.5) is 5.69 Å². The number of hydrogen-bond acceptors (Lipinski definition) is 5. The molecule has 1 fully saturated rings. The van der Waals surface area contributed by atoms with Gasteiger partial charge in [0.1, 0.15) is 0 Å². The van der Waals surface area contributed by atoms with Gasteiger partial charge in [-0.2, -0.15) is 5.10 Å². The molecule has 1 aromatic carbocycles. The summed E-state index contributed by atoms with van der Waals surface area (Å²) >= 11 is 0. The molecule has 1 aliphatic heterocycles. The Hall–Kier alpha value is -1.99. The lowest BCUT2D eigenvalue weighted by Crippen LogP contribution is -2.45. The van der Waals surface area contributed by atoms with Crippen molar-refractivity contribution in [3.8, 4) is 0 Å². The van der Waals surface area contributed by atoms with E-state index in [-0.39, 0.29) is 22.8 Å². The summed E-state index contributed by atoms with van der Waals surface area (Å²) in [6.45, 7) is 6.38. The summed E-state index contributed by atoms with van der Waals surface area (Å²) in [4.78, 5) is 12.8. The third-order valence-corrected chi connectivity index (χ3v) is 3.67. The van der Waals surface area contributed by atoms with Gasteiger partial charge in [-0.3, -0.25) is 19.7 Å². The van der Waals surface area contributed by atoms with Crippen LogP contribution in [0.25, 0.3) is 10.9 Å². The van der Waals surface area contributed by atoms with E-state index in [0.717, 1.165) is 24.0 Å². The molecule has 7 heteroatoms. The molecule has 0 aliphatic carbocycles. The van der Waals surface area contributed by atoms with Crippen LogP contribution in [0, 0.1) is 10.1 Å². The zero-order valence-corrected chi connectivity index (χ0v) is 12.1. The van der Waals surface area contributed by atoms with Crippen molar-refractivity contribution < 1.29 is 9.66 Å². The highest BCUT2D eigenvalue weighted by atomic mass is 16.6. The molecule has 1 aromatic heterocycles. The third kappa shape index (κ3) is 2.88. The van der Waals surface area contributed by atoms with Gasteiger partial charge in [-0.15, -0.1) is 0 Å². The molecular weight excluding hydrogens is 272 g/mol. The fourth-order valence-electron chi connectivity index (χ4n) is 2.87. The SMILES string of the molecule is C[C@H]1CN(Cn2ncc3ccc([N+](=O)[O-])cc32)C[C@H](C)O1. The summed E-state index contributed by atoms with van der Waals surface area (Å²) in [5.74, 6) is 0. The van der Waals surface area contributed by atoms with Crippen LogP contribution in [0.2, 0.25) is 0 Å². The molecule has 1 aliphatic rings. The number of nitro benzene ring substituents is 1. The summed E-state index contributed by atoms with van der Waals surface area (Å²) < 4.78 is 7.53. The fourth-order valence-corrected chi connectivity index (χ4v) is 2.87. The third-order valence-electron chi connectivity index (χ3n) is 3.67. The van der Waals surface area contributed by atoms with Gasteiger partial charge in [-0.1, -0.05) is 0 Å². The molecule has 112 valence electrons. The van der Waals surface area contributed by atoms with Crippen molar-refractivity contribution in [2.24, 2.45) is 0 Å². The van der Waals surface area contributed by atoms with Gasteiger partial charge in [0.15, 0.2) is 0 Å². The van der Waals surface area contributed by atoms with E-state index in [1.54, 1.807) is 18.3 Å². The number of nitro groups is 1. The van der Waals surface area contributed by atoms with Gasteiger partial charge in [-0.25, -0.2) is 0 Å². The monoisotopic (exact) mass is 290 g/mol. The average molecular weight is 290 g/mol. The zero-order chi connectivity index (χ0) is 15.0. The van der Waals surface area contributed by atoms with Crippen LogP contribution < -0.4 is 0 Å². The molecule has 0 N–H and O–H groups in total. The summed E-state index contributed by atoms with van der Waals surface area (Å²) in [5.41, 5.74) is 0.879. The minimum absolute atomic E-state index is 0.0907. The van der Waals surface area contributed by atoms with E-state index in [1.165, 1.54) is 6.07 Å². The first-order chi connectivity index (χ1) is 10.0. The first kappa shape index (κ1) is 14.0. The lowest BCUT2D eigenvalue weighted by Gasteiger charge is -2.35. The fraction of sp³-hybridized carbons (Fsp3) is 0.500. The normalized spacial score (nSPS) is 23.5. The highest BCUT2D eigenvalue weighted by Gasteiger charge is 2.23. The second-order valence-corrected chi connectivity index (χ2v) is 5.58. The van der Waals surface area contributed by atoms with E-state index in [2.05, 4.69) is 23.8 Å². The lowest BCUT2D eigenvalue weighted by molar-refractivity contribution is -0.384. The maximum Gasteiger partial charge on any atom is 0.271 e. The highest BCUT2D eigenvalue weighted by molar-refractivity contribution is 5.80. The molecule has 0 unspecified atom stereocenters. The van der Waals surface area contributed by atoms with Crippen molar-refractivity contribution in [3.63, 3.8) is 0 Å². The Labute approximate surface area is 122 Å². The average Bonchev–Trinajstić information content (AvgIpc) is 2.80. The smallest absolute Gasteiger partial charge is 0.271 e. The second-order valence-electron chi connectivity index (χ2n) is 5.58. The number of fused-ring (bicyclic) bond motifs is 1. The van der Waals surface area contributed by atoms with Gasteiger partial charge in [0.2, 0.25) is 0 Å². The predicted octanol–water partition coefficient (Wildman–Crippen LogP) is 2.01. The molecule has 0 spiro atoms. The van der Waals surface area contributed by atoms with Crippen LogP contribution >= 0.6 is 0 Å². The summed E-state index contributed by atoms with van der Waals surface area (Å²) in [5, 5.41) is 16.2. The van der Waals surface area contributed by atoms with Crippen LogP contribution in [0.3, 0.4) is 0 Å². The van der Waals surface area contributed by atoms with Gasteiger partial charge in [0.25, 0.3) is 5.69 Å². The number of benzene rings is 1. The first-order valence-corrected chi connectivity index (χ1v) is 7.00. The summed E-state index contributed by atoms with van der Waals surface area (Å²) in [7, 11) is 0. The van der Waals surface area contributed by atoms with Crippen molar-refractivity contribution in [2.45, 2.75) is 32.7 Å². The molecule has 7 nitrogen and oxygen atoms in total. The van der Waals surface area contributed by atoms with Gasteiger partial charge >= 0.3 is 0 Å². The maximum atomic E-state index is 10.9. The van der Waals surface area contributed by atoms with Crippen LogP contribution in [0.15, 0.2) is 24.4 Å². The van der Waals surface area contributed by atoms with Crippen LogP contribution in [-0.4, -0.2) is 44.9 Å². The molecule has 3 rings (SSSR count). The second kappa shape index (κ2) is 5.42. The molecule has 2 atom stereocenters. The number of nitrogens with zero attached hydrogens (tertiary/aromatic N) is 4. The molecule has 2 heterocycles. The number of ether oxygens (including phenoxy) is 1. The number of non-ortho nitro benzene ring substituents is 1. The van der Waals surface area contributed by atoms with Crippen molar-refractivity contribution >= 4 is 16.6 Å².